The van der Waals surface area contributed by atoms with E-state index in [1.165, 1.54) is 12.6 Å². The van der Waals surface area contributed by atoms with Crippen LogP contribution in [0.25, 0.3) is 22.6 Å². The molecular weight excluding hydrogens is 334 g/mol. The monoisotopic (exact) mass is 349 g/mol. The van der Waals surface area contributed by atoms with Gasteiger partial charge < -0.3 is 19.5 Å². The number of nitrogen functional groups attached to an aromatic ring is 1. The highest BCUT2D eigenvalue weighted by molar-refractivity contribution is 5.87. The zero-order chi connectivity index (χ0) is 17.9. The number of ether oxygens (including phenoxy) is 1. The van der Waals surface area contributed by atoms with Crippen LogP contribution in [0, 0.1) is 0 Å². The normalized spacial score (nSPS) is 10.9. The number of nitrogens with zero attached hydrogens (tertiary/aromatic N) is 4. The second-order valence-corrected chi connectivity index (χ2v) is 5.60. The van der Waals surface area contributed by atoms with E-state index in [0.717, 1.165) is 5.56 Å². The summed E-state index contributed by atoms with van der Waals surface area (Å²) in [7, 11) is 0. The fourth-order valence-corrected chi connectivity index (χ4v) is 2.58. The van der Waals surface area contributed by atoms with Crippen LogP contribution < -0.4 is 5.73 Å². The van der Waals surface area contributed by atoms with Gasteiger partial charge in [0.25, 0.3) is 0 Å². The van der Waals surface area contributed by atoms with E-state index >= 15 is 0 Å². The van der Waals surface area contributed by atoms with Crippen molar-refractivity contribution in [1.29, 1.82) is 0 Å². The maximum absolute atomic E-state index is 12.2. The van der Waals surface area contributed by atoms with E-state index in [-0.39, 0.29) is 19.1 Å². The number of anilines is 1. The molecule has 0 unspecified atom stereocenters. The van der Waals surface area contributed by atoms with Crippen molar-refractivity contribution in [1.82, 2.24) is 19.5 Å². The summed E-state index contributed by atoms with van der Waals surface area (Å²) >= 11 is 0. The Balaban J connectivity index is 1.56. The van der Waals surface area contributed by atoms with Crippen molar-refractivity contribution in [3.05, 3.63) is 60.6 Å². The molecular formula is C18H15N5O3. The number of nitrogens with two attached hydrogens (primary N) is 1. The summed E-state index contributed by atoms with van der Waals surface area (Å²) in [5.41, 5.74) is 8.15. The van der Waals surface area contributed by atoms with Gasteiger partial charge in [-0.15, -0.1) is 0 Å². The molecule has 0 atom stereocenters. The number of benzene rings is 1. The molecule has 8 nitrogen and oxygen atoms in total. The predicted octanol–water partition coefficient (Wildman–Crippen LogP) is 2.41. The zero-order valence-corrected chi connectivity index (χ0v) is 13.7. The Labute approximate surface area is 148 Å². The lowest BCUT2D eigenvalue weighted by atomic mass is 10.2. The first kappa shape index (κ1) is 15.8. The van der Waals surface area contributed by atoms with Crippen molar-refractivity contribution < 1.29 is 13.9 Å². The molecule has 0 aliphatic rings. The molecule has 0 saturated heterocycles. The van der Waals surface area contributed by atoms with Gasteiger partial charge in [-0.1, -0.05) is 30.3 Å². The molecule has 2 N–H and O–H groups in total. The second-order valence-electron chi connectivity index (χ2n) is 5.60. The van der Waals surface area contributed by atoms with Crippen LogP contribution in [-0.2, 0) is 22.7 Å². The smallest absolute Gasteiger partial charge is 0.326 e. The van der Waals surface area contributed by atoms with Crippen LogP contribution in [0.1, 0.15) is 5.56 Å². The molecule has 3 aromatic heterocycles. The van der Waals surface area contributed by atoms with Gasteiger partial charge in [0.15, 0.2) is 11.4 Å². The quantitative estimate of drug-likeness (QED) is 0.551. The maximum Gasteiger partial charge on any atom is 0.326 e. The molecule has 0 aliphatic heterocycles. The van der Waals surface area contributed by atoms with E-state index in [4.69, 9.17) is 14.9 Å². The van der Waals surface area contributed by atoms with Gasteiger partial charge in [-0.2, -0.15) is 4.98 Å². The minimum absolute atomic E-state index is 0.0304. The fraction of sp³-hybridized carbons (Fsp3) is 0.111. The van der Waals surface area contributed by atoms with Crippen LogP contribution in [0.3, 0.4) is 0 Å². The van der Waals surface area contributed by atoms with Gasteiger partial charge in [0.05, 0.1) is 12.6 Å². The van der Waals surface area contributed by atoms with Crippen molar-refractivity contribution in [2.24, 2.45) is 0 Å². The number of hydrogen-bond acceptors (Lipinski definition) is 7. The summed E-state index contributed by atoms with van der Waals surface area (Å²) in [6, 6.07) is 13.0. The second kappa shape index (κ2) is 6.67. The Morgan fingerprint density at radius 3 is 2.77 bits per heavy atom. The topological polar surface area (TPSA) is 109 Å². The van der Waals surface area contributed by atoms with Gasteiger partial charge in [-0.3, -0.25) is 4.79 Å². The average Bonchev–Trinajstić information content (AvgIpc) is 3.31. The summed E-state index contributed by atoms with van der Waals surface area (Å²) in [5.74, 6) is 0.203. The summed E-state index contributed by atoms with van der Waals surface area (Å²) in [6.07, 6.45) is 3.05. The first-order valence-electron chi connectivity index (χ1n) is 7.92. The maximum atomic E-state index is 12.2. The van der Waals surface area contributed by atoms with Crippen molar-refractivity contribution in [2.45, 2.75) is 13.2 Å². The summed E-state index contributed by atoms with van der Waals surface area (Å²) < 4.78 is 12.3. The minimum atomic E-state index is -0.398. The minimum Gasteiger partial charge on any atom is -0.463 e. The standard InChI is InChI=1S/C18H15N5O3/c19-18-21-15(13-7-4-8-25-13)16-17(22-18)23(11-20-16)9-14(24)26-10-12-5-2-1-3-6-12/h1-8,11H,9-10H2,(H2,19,21,22). The largest absolute Gasteiger partial charge is 0.463 e. The third-order valence-corrected chi connectivity index (χ3v) is 3.78. The molecule has 4 aromatic rings. The highest BCUT2D eigenvalue weighted by atomic mass is 16.5. The third-order valence-electron chi connectivity index (χ3n) is 3.78. The number of fused-ring (bicyclic) bond motifs is 1. The number of rotatable bonds is 5. The first-order chi connectivity index (χ1) is 12.7. The summed E-state index contributed by atoms with van der Waals surface area (Å²) in [5, 5.41) is 0. The van der Waals surface area contributed by atoms with Crippen LogP contribution in [0.15, 0.2) is 59.5 Å². The number of imidazole rings is 1. The molecule has 130 valence electrons. The van der Waals surface area contributed by atoms with Crippen molar-refractivity contribution in [2.75, 3.05) is 5.73 Å². The molecule has 26 heavy (non-hydrogen) atoms. The molecule has 4 rings (SSSR count). The molecule has 0 bridgehead atoms. The van der Waals surface area contributed by atoms with Crippen molar-refractivity contribution in [3.8, 4) is 11.5 Å². The lowest BCUT2D eigenvalue weighted by molar-refractivity contribution is -0.145. The fourth-order valence-electron chi connectivity index (χ4n) is 2.58. The van der Waals surface area contributed by atoms with E-state index in [1.807, 2.05) is 30.3 Å². The summed E-state index contributed by atoms with van der Waals surface area (Å²) in [4.78, 5) is 24.9. The highest BCUT2D eigenvalue weighted by Gasteiger charge is 2.17. The van der Waals surface area contributed by atoms with Gasteiger partial charge in [-0.05, 0) is 17.7 Å². The Morgan fingerprint density at radius 2 is 2.00 bits per heavy atom. The number of hydrogen-bond donors (Lipinski definition) is 1. The molecule has 1 aromatic carbocycles. The van der Waals surface area contributed by atoms with Gasteiger partial charge in [0.1, 0.15) is 24.4 Å². The van der Waals surface area contributed by atoms with E-state index < -0.39 is 5.97 Å². The molecule has 0 fully saturated rings. The van der Waals surface area contributed by atoms with Crippen LogP contribution in [0.4, 0.5) is 5.95 Å². The Kier molecular flexibility index (Phi) is 4.06. The Bertz CT molecular complexity index is 1040. The van der Waals surface area contributed by atoms with Gasteiger partial charge in [0.2, 0.25) is 5.95 Å². The van der Waals surface area contributed by atoms with Gasteiger partial charge in [0, 0.05) is 0 Å². The van der Waals surface area contributed by atoms with Crippen molar-refractivity contribution in [3.63, 3.8) is 0 Å². The number of esters is 1. The molecule has 0 aliphatic carbocycles. The molecule has 0 saturated carbocycles. The van der Waals surface area contributed by atoms with Gasteiger partial charge >= 0.3 is 5.97 Å². The number of furan rings is 1. The Morgan fingerprint density at radius 1 is 1.15 bits per heavy atom. The predicted molar refractivity (Wildman–Crippen MR) is 93.7 cm³/mol. The van der Waals surface area contributed by atoms with E-state index in [1.54, 1.807) is 16.7 Å². The first-order valence-corrected chi connectivity index (χ1v) is 7.92. The molecule has 8 heteroatoms. The van der Waals surface area contributed by atoms with Crippen LogP contribution in [0.5, 0.6) is 0 Å². The Hall–Kier alpha value is -3.68. The van der Waals surface area contributed by atoms with Gasteiger partial charge in [-0.25, -0.2) is 9.97 Å². The zero-order valence-electron chi connectivity index (χ0n) is 13.7. The number of carbonyl (C=O) groups excluding carboxylic acids is 1. The van der Waals surface area contributed by atoms with E-state index in [2.05, 4.69) is 15.0 Å². The summed E-state index contributed by atoms with van der Waals surface area (Å²) in [6.45, 7) is 0.179. The number of carbonyl (C=O) groups is 1. The lowest BCUT2D eigenvalue weighted by Crippen LogP contribution is -2.13. The van der Waals surface area contributed by atoms with E-state index in [0.29, 0.717) is 22.6 Å². The van der Waals surface area contributed by atoms with Crippen molar-refractivity contribution >= 4 is 23.1 Å². The third kappa shape index (κ3) is 3.12. The van der Waals surface area contributed by atoms with Crippen LogP contribution >= 0.6 is 0 Å². The lowest BCUT2D eigenvalue weighted by Gasteiger charge is -2.06. The number of aromatic nitrogens is 4. The SMILES string of the molecule is Nc1nc(-c2ccco2)c2ncn(CC(=O)OCc3ccccc3)c2n1. The molecule has 0 amide bonds. The highest BCUT2D eigenvalue weighted by Crippen LogP contribution is 2.26. The van der Waals surface area contributed by atoms with Crippen LogP contribution in [0.2, 0.25) is 0 Å². The average molecular weight is 349 g/mol. The molecule has 0 radical (unpaired) electrons. The van der Waals surface area contributed by atoms with Crippen LogP contribution in [-0.4, -0.2) is 25.5 Å². The molecule has 3 heterocycles. The molecule has 0 spiro atoms. The van der Waals surface area contributed by atoms with E-state index in [9.17, 15) is 4.79 Å².